The van der Waals surface area contributed by atoms with E-state index in [1.54, 1.807) is 24.6 Å². The Morgan fingerprint density at radius 2 is 0.621 bits per heavy atom. The molecule has 0 rings (SSSR count). The summed E-state index contributed by atoms with van der Waals surface area (Å²) in [5, 5.41) is 0. The summed E-state index contributed by atoms with van der Waals surface area (Å²) in [4.78, 5) is 0. The fraction of sp³-hybridized carbons (Fsp3) is 1.00. The van der Waals surface area contributed by atoms with Gasteiger partial charge in [0.2, 0.25) is 0 Å². The third-order valence-corrected chi connectivity index (χ3v) is 12.6. The highest BCUT2D eigenvalue weighted by molar-refractivity contribution is 7.75. The lowest BCUT2D eigenvalue weighted by molar-refractivity contribution is 0.510. The fourth-order valence-electron chi connectivity index (χ4n) is 5.67. The zero-order chi connectivity index (χ0) is 22.1. The Balaban J connectivity index is 5.47. The summed E-state index contributed by atoms with van der Waals surface area (Å²) < 4.78 is 0. The van der Waals surface area contributed by atoms with Gasteiger partial charge in [-0.2, -0.15) is 0 Å². The second-order valence-electron chi connectivity index (χ2n) is 11.1. The Labute approximate surface area is 188 Å². The van der Waals surface area contributed by atoms with Crippen molar-refractivity contribution >= 4 is 7.26 Å². The zero-order valence-electron chi connectivity index (χ0n) is 22.1. The topological polar surface area (TPSA) is 0 Å². The Morgan fingerprint density at radius 1 is 0.414 bits per heavy atom. The van der Waals surface area contributed by atoms with Crippen molar-refractivity contribution in [3.05, 3.63) is 0 Å². The van der Waals surface area contributed by atoms with Gasteiger partial charge in [-0.25, -0.2) is 0 Å². The van der Waals surface area contributed by atoms with Gasteiger partial charge in [0.05, 0.1) is 24.6 Å². The molecule has 176 valence electrons. The minimum absolute atomic E-state index is 0.881. The Morgan fingerprint density at radius 3 is 0.793 bits per heavy atom. The van der Waals surface area contributed by atoms with Crippen LogP contribution >= 0.6 is 7.26 Å². The van der Waals surface area contributed by atoms with E-state index in [0.717, 1.165) is 23.7 Å². The monoisotopic (exact) mass is 427 g/mol. The minimum atomic E-state index is -0.881. The predicted octanol–water partition coefficient (Wildman–Crippen LogP) is 10.3. The van der Waals surface area contributed by atoms with Crippen LogP contribution in [0.15, 0.2) is 0 Å². The summed E-state index contributed by atoms with van der Waals surface area (Å²) >= 11 is 0. The maximum Gasteiger partial charge on any atom is 0.0620 e. The van der Waals surface area contributed by atoms with E-state index < -0.39 is 7.26 Å². The van der Waals surface area contributed by atoms with Gasteiger partial charge in [-0.05, 0) is 49.4 Å². The van der Waals surface area contributed by atoms with Gasteiger partial charge in [0.1, 0.15) is 0 Å². The van der Waals surface area contributed by atoms with E-state index in [4.69, 9.17) is 0 Å². The first-order valence-electron chi connectivity index (χ1n) is 13.7. The van der Waals surface area contributed by atoms with Gasteiger partial charge in [0, 0.05) is 7.26 Å². The fourth-order valence-corrected chi connectivity index (χ4v) is 12.6. The standard InChI is InChI=1S/C28H60P/c1-9-13-17-25(5)21-29(22-26(6)18-14-10-2,23-27(7)19-15-11-3)24-28(8)20-16-12-4/h25-28H,9-24H2,1-8H3/q+1. The van der Waals surface area contributed by atoms with Gasteiger partial charge in [0.25, 0.3) is 0 Å². The SMILES string of the molecule is CCCCC(C)C[P+](CC(C)CCCC)(CC(C)CCCC)CC(C)CCCC. The molecule has 0 radical (unpaired) electrons. The Bertz CT molecular complexity index is 281. The van der Waals surface area contributed by atoms with Gasteiger partial charge in [-0.1, -0.05) is 107 Å². The van der Waals surface area contributed by atoms with Crippen molar-refractivity contribution < 1.29 is 0 Å². The van der Waals surface area contributed by atoms with Gasteiger partial charge in [-0.15, -0.1) is 0 Å². The van der Waals surface area contributed by atoms with E-state index >= 15 is 0 Å². The third-order valence-electron chi connectivity index (χ3n) is 7.00. The van der Waals surface area contributed by atoms with Crippen LogP contribution in [-0.2, 0) is 0 Å². The lowest BCUT2D eigenvalue weighted by atomic mass is 10.1. The van der Waals surface area contributed by atoms with Crippen molar-refractivity contribution in [2.24, 2.45) is 23.7 Å². The van der Waals surface area contributed by atoms with E-state index in [2.05, 4.69) is 55.4 Å². The van der Waals surface area contributed by atoms with Crippen LogP contribution < -0.4 is 0 Å². The number of rotatable bonds is 20. The van der Waals surface area contributed by atoms with Crippen molar-refractivity contribution in [3.63, 3.8) is 0 Å². The highest BCUT2D eigenvalue weighted by atomic mass is 31.2. The van der Waals surface area contributed by atoms with Crippen LogP contribution in [0, 0.1) is 23.7 Å². The van der Waals surface area contributed by atoms with Crippen molar-refractivity contribution in [1.82, 2.24) is 0 Å². The molecule has 4 unspecified atom stereocenters. The zero-order valence-corrected chi connectivity index (χ0v) is 23.0. The minimum Gasteiger partial charge on any atom is -0.0654 e. The van der Waals surface area contributed by atoms with Gasteiger partial charge >= 0.3 is 0 Å². The molecule has 0 nitrogen and oxygen atoms in total. The van der Waals surface area contributed by atoms with E-state index in [0.29, 0.717) is 0 Å². The maximum absolute atomic E-state index is 2.59. The van der Waals surface area contributed by atoms with E-state index in [1.807, 2.05) is 0 Å². The van der Waals surface area contributed by atoms with Crippen LogP contribution in [0.25, 0.3) is 0 Å². The normalized spacial score (nSPS) is 18.2. The molecule has 0 amide bonds. The van der Waals surface area contributed by atoms with Crippen LogP contribution in [0.1, 0.15) is 132 Å². The molecule has 0 saturated carbocycles. The summed E-state index contributed by atoms with van der Waals surface area (Å²) in [6.07, 6.45) is 23.4. The number of unbranched alkanes of at least 4 members (excludes halogenated alkanes) is 4. The first-order chi connectivity index (χ1) is 13.8. The average Bonchev–Trinajstić information content (AvgIpc) is 2.67. The lowest BCUT2D eigenvalue weighted by Crippen LogP contribution is -2.25. The van der Waals surface area contributed by atoms with Crippen LogP contribution in [0.5, 0.6) is 0 Å². The molecule has 0 bridgehead atoms. The Hall–Kier alpha value is 0.430. The molecular formula is C28H60P+. The first-order valence-corrected chi connectivity index (χ1v) is 16.2. The molecule has 29 heavy (non-hydrogen) atoms. The second kappa shape index (κ2) is 18.0. The first kappa shape index (κ1) is 29.4. The molecule has 0 aromatic carbocycles. The molecule has 0 aliphatic carbocycles. The van der Waals surface area contributed by atoms with Crippen LogP contribution in [0.2, 0.25) is 0 Å². The van der Waals surface area contributed by atoms with Crippen molar-refractivity contribution in [1.29, 1.82) is 0 Å². The van der Waals surface area contributed by atoms with Crippen LogP contribution in [0.4, 0.5) is 0 Å². The lowest BCUT2D eigenvalue weighted by Gasteiger charge is -2.36. The molecule has 0 aliphatic rings. The molecular weight excluding hydrogens is 367 g/mol. The smallest absolute Gasteiger partial charge is 0.0620 e. The molecule has 0 spiro atoms. The highest BCUT2D eigenvalue weighted by Gasteiger charge is 2.42. The van der Waals surface area contributed by atoms with Crippen molar-refractivity contribution in [2.45, 2.75) is 132 Å². The highest BCUT2D eigenvalue weighted by Crippen LogP contribution is 2.64. The molecule has 1 heteroatoms. The maximum atomic E-state index is 2.59. The van der Waals surface area contributed by atoms with Crippen molar-refractivity contribution in [2.75, 3.05) is 24.6 Å². The number of hydrogen-bond donors (Lipinski definition) is 0. The van der Waals surface area contributed by atoms with Gasteiger partial charge < -0.3 is 0 Å². The summed E-state index contributed by atoms with van der Waals surface area (Å²) in [7, 11) is -0.881. The van der Waals surface area contributed by atoms with E-state index in [-0.39, 0.29) is 0 Å². The molecule has 0 aliphatic heterocycles. The summed E-state index contributed by atoms with van der Waals surface area (Å²) in [5.74, 6) is 3.77. The number of hydrogen-bond acceptors (Lipinski definition) is 0. The molecule has 0 saturated heterocycles. The molecule has 0 N–H and O–H groups in total. The molecule has 4 atom stereocenters. The Kier molecular flexibility index (Phi) is 18.3. The second-order valence-corrected chi connectivity index (χ2v) is 15.2. The van der Waals surface area contributed by atoms with E-state index in [1.165, 1.54) is 77.0 Å². The average molecular weight is 428 g/mol. The van der Waals surface area contributed by atoms with Crippen LogP contribution in [-0.4, -0.2) is 24.6 Å². The third kappa shape index (κ3) is 15.0. The van der Waals surface area contributed by atoms with Crippen LogP contribution in [0.3, 0.4) is 0 Å². The molecule has 0 fully saturated rings. The predicted molar refractivity (Wildman–Crippen MR) is 141 cm³/mol. The summed E-state index contributed by atoms with van der Waals surface area (Å²) in [6, 6.07) is 0. The van der Waals surface area contributed by atoms with Gasteiger partial charge in [-0.3, -0.25) is 0 Å². The molecule has 0 aromatic rings. The van der Waals surface area contributed by atoms with Gasteiger partial charge in [0.15, 0.2) is 0 Å². The molecule has 0 heterocycles. The van der Waals surface area contributed by atoms with Crippen molar-refractivity contribution in [3.8, 4) is 0 Å². The largest absolute Gasteiger partial charge is 0.0654 e. The quantitative estimate of drug-likeness (QED) is 0.169. The molecule has 0 aromatic heterocycles. The van der Waals surface area contributed by atoms with E-state index in [9.17, 15) is 0 Å². The summed E-state index contributed by atoms with van der Waals surface area (Å²) in [6.45, 7) is 19.8. The summed E-state index contributed by atoms with van der Waals surface area (Å²) in [5.41, 5.74) is 0.